The summed E-state index contributed by atoms with van der Waals surface area (Å²) in [6.07, 6.45) is 0.904. The molecule has 42 heavy (non-hydrogen) atoms. The minimum absolute atomic E-state index is 0.0102. The van der Waals surface area contributed by atoms with E-state index in [1.54, 1.807) is 39.2 Å². The molecule has 13 heteroatoms. The standard InChI is InChI=1S/C29H39N5O8/c1-32(2)9-7-8-18(35)31-16-12-17(33(3)4)14-10-13-11-15-22(34(5)6)25(38)21(28(30)41)27(40)29(15,42)26(39)19(13)24(37)20(14)23(16)36/h12-13,15,22,36-37,40,42H,7-11H2,1-6H3,(H2,30,41)(H,31,35)/t13?,15?,22-,29-/m0/s1. The van der Waals surface area contributed by atoms with Crippen LogP contribution >= 0.6 is 0 Å². The van der Waals surface area contributed by atoms with Crippen molar-refractivity contribution in [1.82, 2.24) is 9.80 Å². The predicted molar refractivity (Wildman–Crippen MR) is 155 cm³/mol. The van der Waals surface area contributed by atoms with Crippen LogP contribution in [0.25, 0.3) is 5.76 Å². The number of Topliss-reactive ketones (excluding diaryl/α,β-unsaturated/α-hetero) is 2. The Hall–Kier alpha value is -3.94. The number of rotatable bonds is 8. The van der Waals surface area contributed by atoms with E-state index < -0.39 is 63.8 Å². The van der Waals surface area contributed by atoms with Crippen LogP contribution in [0.5, 0.6) is 5.75 Å². The highest BCUT2D eigenvalue weighted by molar-refractivity contribution is 6.24. The molecule has 1 aromatic rings. The van der Waals surface area contributed by atoms with Gasteiger partial charge in [0.25, 0.3) is 5.91 Å². The Bertz CT molecular complexity index is 1430. The summed E-state index contributed by atoms with van der Waals surface area (Å²) < 4.78 is 0. The van der Waals surface area contributed by atoms with Gasteiger partial charge in [-0.2, -0.15) is 0 Å². The number of ketones is 2. The van der Waals surface area contributed by atoms with E-state index in [0.717, 1.165) is 0 Å². The molecule has 0 heterocycles. The third kappa shape index (κ3) is 4.80. The summed E-state index contributed by atoms with van der Waals surface area (Å²) in [5, 5.41) is 48.3. The van der Waals surface area contributed by atoms with Crippen LogP contribution in [0.3, 0.4) is 0 Å². The van der Waals surface area contributed by atoms with Crippen molar-refractivity contribution in [2.75, 3.05) is 59.0 Å². The van der Waals surface area contributed by atoms with Gasteiger partial charge in [-0.1, -0.05) is 0 Å². The summed E-state index contributed by atoms with van der Waals surface area (Å²) in [4.78, 5) is 57.3. The van der Waals surface area contributed by atoms with Crippen molar-refractivity contribution < 1.29 is 39.6 Å². The molecule has 3 aliphatic rings. The van der Waals surface area contributed by atoms with Gasteiger partial charge >= 0.3 is 0 Å². The molecule has 0 bridgehead atoms. The molecule has 0 aliphatic heterocycles. The van der Waals surface area contributed by atoms with E-state index in [4.69, 9.17) is 5.73 Å². The van der Waals surface area contributed by atoms with Crippen LogP contribution in [0.4, 0.5) is 11.4 Å². The monoisotopic (exact) mass is 585 g/mol. The molecule has 7 N–H and O–H groups in total. The molecule has 4 atom stereocenters. The highest BCUT2D eigenvalue weighted by atomic mass is 16.3. The number of benzene rings is 1. The molecule has 0 radical (unpaired) electrons. The Labute approximate surface area is 243 Å². The third-order valence-electron chi connectivity index (χ3n) is 8.46. The number of hydrogen-bond donors (Lipinski definition) is 6. The summed E-state index contributed by atoms with van der Waals surface area (Å²) in [5.41, 5.74) is 2.57. The first-order valence-electron chi connectivity index (χ1n) is 13.7. The van der Waals surface area contributed by atoms with Gasteiger partial charge in [0.2, 0.25) is 11.7 Å². The van der Waals surface area contributed by atoms with Gasteiger partial charge in [-0.05, 0) is 71.5 Å². The molecule has 0 spiro atoms. The normalized spacial score (nSPS) is 25.4. The van der Waals surface area contributed by atoms with E-state index in [0.29, 0.717) is 24.2 Å². The van der Waals surface area contributed by atoms with E-state index in [1.165, 1.54) is 4.90 Å². The maximum Gasteiger partial charge on any atom is 0.255 e. The number of phenols is 1. The molecule has 13 nitrogen and oxygen atoms in total. The fraction of sp³-hybridized carbons (Fsp3) is 0.517. The average Bonchev–Trinajstić information content (AvgIpc) is 2.87. The lowest BCUT2D eigenvalue weighted by molar-refractivity contribution is -0.153. The largest absolute Gasteiger partial charge is 0.508 e. The maximum absolute atomic E-state index is 14.0. The number of nitrogens with one attached hydrogen (secondary N) is 1. The highest BCUT2D eigenvalue weighted by Crippen LogP contribution is 2.54. The van der Waals surface area contributed by atoms with E-state index in [-0.39, 0.29) is 42.0 Å². The number of primary amides is 1. The fourth-order valence-electron chi connectivity index (χ4n) is 6.55. The minimum Gasteiger partial charge on any atom is -0.508 e. The fourth-order valence-corrected chi connectivity index (χ4v) is 6.55. The zero-order chi connectivity index (χ0) is 31.4. The summed E-state index contributed by atoms with van der Waals surface area (Å²) in [6.45, 7) is 0.686. The number of hydrogen-bond acceptors (Lipinski definition) is 11. The number of fused-ring (bicyclic) bond motifs is 3. The van der Waals surface area contributed by atoms with Gasteiger partial charge in [0.1, 0.15) is 22.8 Å². The minimum atomic E-state index is -2.72. The quantitative estimate of drug-likeness (QED) is 0.181. The molecule has 228 valence electrons. The first kappa shape index (κ1) is 31.0. The molecule has 1 saturated carbocycles. The smallest absolute Gasteiger partial charge is 0.255 e. The molecule has 1 aromatic carbocycles. The summed E-state index contributed by atoms with van der Waals surface area (Å²) in [6, 6.07) is 0.437. The van der Waals surface area contributed by atoms with Crippen molar-refractivity contribution in [3.05, 3.63) is 34.1 Å². The molecular weight excluding hydrogens is 546 g/mol. The van der Waals surface area contributed by atoms with Crippen LogP contribution in [0, 0.1) is 11.8 Å². The molecule has 4 rings (SSSR count). The van der Waals surface area contributed by atoms with E-state index in [9.17, 15) is 39.6 Å². The first-order valence-corrected chi connectivity index (χ1v) is 13.7. The van der Waals surface area contributed by atoms with Crippen LogP contribution in [0.2, 0.25) is 0 Å². The van der Waals surface area contributed by atoms with E-state index in [1.807, 2.05) is 19.0 Å². The van der Waals surface area contributed by atoms with Crippen LogP contribution in [0.1, 0.15) is 30.4 Å². The lowest BCUT2D eigenvalue weighted by Crippen LogP contribution is -2.65. The number of likely N-dealkylation sites (N-methyl/N-ethyl adjacent to an activating group) is 1. The first-order chi connectivity index (χ1) is 19.5. The zero-order valence-corrected chi connectivity index (χ0v) is 24.7. The van der Waals surface area contributed by atoms with Crippen molar-refractivity contribution in [2.45, 2.75) is 37.3 Å². The Balaban J connectivity index is 1.87. The molecule has 0 saturated heterocycles. The van der Waals surface area contributed by atoms with Gasteiger partial charge < -0.3 is 41.3 Å². The van der Waals surface area contributed by atoms with Crippen molar-refractivity contribution in [3.63, 3.8) is 0 Å². The molecule has 2 unspecified atom stereocenters. The zero-order valence-electron chi connectivity index (χ0n) is 24.7. The summed E-state index contributed by atoms with van der Waals surface area (Å²) in [7, 11) is 10.4. The van der Waals surface area contributed by atoms with Crippen molar-refractivity contribution in [2.24, 2.45) is 17.6 Å². The number of carbonyl (C=O) groups is 4. The molecule has 2 amide bonds. The number of aliphatic hydroxyl groups is 3. The highest BCUT2D eigenvalue weighted by Gasteiger charge is 2.64. The number of aliphatic hydroxyl groups excluding tert-OH is 2. The number of amides is 2. The van der Waals surface area contributed by atoms with Gasteiger partial charge in [-0.25, -0.2) is 0 Å². The second-order valence-corrected chi connectivity index (χ2v) is 12.0. The summed E-state index contributed by atoms with van der Waals surface area (Å²) >= 11 is 0. The van der Waals surface area contributed by atoms with Crippen LogP contribution < -0.4 is 16.0 Å². The van der Waals surface area contributed by atoms with Crippen molar-refractivity contribution in [1.29, 1.82) is 0 Å². The topological polar surface area (TPSA) is 197 Å². The molecule has 0 aromatic heterocycles. The molecule has 3 aliphatic carbocycles. The Morgan fingerprint density at radius 1 is 1.10 bits per heavy atom. The van der Waals surface area contributed by atoms with Gasteiger partial charge in [0, 0.05) is 37.7 Å². The van der Waals surface area contributed by atoms with Gasteiger partial charge in [-0.3, -0.25) is 24.1 Å². The lowest BCUT2D eigenvalue weighted by atomic mass is 9.57. The number of anilines is 2. The van der Waals surface area contributed by atoms with Crippen LogP contribution in [-0.4, -0.2) is 114 Å². The van der Waals surface area contributed by atoms with Gasteiger partial charge in [-0.15, -0.1) is 0 Å². The molecule has 1 fully saturated rings. The Morgan fingerprint density at radius 3 is 2.29 bits per heavy atom. The van der Waals surface area contributed by atoms with Gasteiger partial charge in [0.15, 0.2) is 11.4 Å². The predicted octanol–water partition coefficient (Wildman–Crippen LogP) is 0.310. The van der Waals surface area contributed by atoms with E-state index >= 15 is 0 Å². The number of nitrogens with zero attached hydrogens (tertiary/aromatic N) is 3. The van der Waals surface area contributed by atoms with Gasteiger partial charge in [0.05, 0.1) is 17.3 Å². The maximum atomic E-state index is 14.0. The van der Waals surface area contributed by atoms with Crippen molar-refractivity contribution in [3.8, 4) is 5.75 Å². The number of nitrogens with two attached hydrogens (primary N) is 1. The van der Waals surface area contributed by atoms with Crippen LogP contribution in [-0.2, 0) is 25.6 Å². The van der Waals surface area contributed by atoms with Crippen molar-refractivity contribution >= 4 is 40.5 Å². The number of carbonyl (C=O) groups excluding carboxylic acids is 4. The third-order valence-corrected chi connectivity index (χ3v) is 8.46. The lowest BCUT2D eigenvalue weighted by Gasteiger charge is -2.50. The number of aromatic hydroxyl groups is 1. The summed E-state index contributed by atoms with van der Waals surface area (Å²) in [5.74, 6) is -7.61. The number of phenolic OH excluding ortho intramolecular Hbond substituents is 1. The SMILES string of the molecule is CN(C)CCCC(=O)Nc1cc(N(C)C)c2c(c1O)C(O)=C1C(=O)[C@]3(O)C(O)=C(C(N)=O)C(=O)[C@@H](N(C)C)C3CC1C2. The Kier molecular flexibility index (Phi) is 8.15. The Morgan fingerprint density at radius 2 is 1.74 bits per heavy atom. The second kappa shape index (κ2) is 11.0. The van der Waals surface area contributed by atoms with E-state index in [2.05, 4.69) is 5.32 Å². The average molecular weight is 586 g/mol. The molecular formula is C29H39N5O8. The second-order valence-electron chi connectivity index (χ2n) is 12.0. The van der Waals surface area contributed by atoms with Crippen LogP contribution in [0.15, 0.2) is 23.0 Å².